The number of carbonyl (C=O) groups is 8. The first-order chi connectivity index (χ1) is 22.9. The van der Waals surface area contributed by atoms with E-state index in [4.69, 9.17) is 21.7 Å². The number of nitrogens with two attached hydrogens (primary N) is 2. The fourth-order valence-corrected chi connectivity index (χ4v) is 4.37. The van der Waals surface area contributed by atoms with Crippen LogP contribution >= 0.6 is 0 Å². The van der Waals surface area contributed by atoms with E-state index in [0.717, 1.165) is 0 Å². The second-order valence-electron chi connectivity index (χ2n) is 11.9. The van der Waals surface area contributed by atoms with Crippen LogP contribution in [0, 0.1) is 0 Å². The van der Waals surface area contributed by atoms with Gasteiger partial charge in [-0.3, -0.25) is 33.6 Å². The van der Waals surface area contributed by atoms with Gasteiger partial charge in [-0.05, 0) is 58.6 Å². The molecular weight excluding hydrogens is 646 g/mol. The number of hydrogen-bond acceptors (Lipinski definition) is 10. The van der Waals surface area contributed by atoms with Crippen LogP contribution in [0.4, 0.5) is 0 Å². The summed E-state index contributed by atoms with van der Waals surface area (Å²) in [4.78, 5) is 98.8. The van der Waals surface area contributed by atoms with E-state index < -0.39 is 102 Å². The number of amides is 5. The Bertz CT molecular complexity index is 1340. The molecule has 18 nitrogen and oxygen atoms in total. The Hall–Kier alpha value is -5.10. The first-order valence-corrected chi connectivity index (χ1v) is 15.6. The second-order valence-corrected chi connectivity index (χ2v) is 11.9. The molecule has 1 aromatic carbocycles. The van der Waals surface area contributed by atoms with Gasteiger partial charge in [0.15, 0.2) is 0 Å². The summed E-state index contributed by atoms with van der Waals surface area (Å²) in [7, 11) is 0. The third-order valence-corrected chi connectivity index (χ3v) is 7.23. The van der Waals surface area contributed by atoms with Gasteiger partial charge in [-0.15, -0.1) is 0 Å². The van der Waals surface area contributed by atoms with Crippen molar-refractivity contribution in [1.82, 2.24) is 26.6 Å². The van der Waals surface area contributed by atoms with Gasteiger partial charge in [-0.25, -0.2) is 4.79 Å². The van der Waals surface area contributed by atoms with Gasteiger partial charge in [-0.2, -0.15) is 0 Å². The lowest BCUT2D eigenvalue weighted by Gasteiger charge is -2.30. The SMILES string of the molecule is C[C@H](NC(=O)C(C)(C)NC(=O)[C@H](CCC(=O)O)NC(=O)[C@@H](N)CC(=O)O)C(=O)N[C@@H](Cc1ccccc1)C(=O)N[C@@H](CCCCN)C(=O)O. The third-order valence-electron chi connectivity index (χ3n) is 7.23. The lowest BCUT2D eigenvalue weighted by atomic mass is 10.0. The van der Waals surface area contributed by atoms with E-state index in [1.807, 2.05) is 0 Å². The molecule has 0 aliphatic rings. The summed E-state index contributed by atoms with van der Waals surface area (Å²) < 4.78 is 0. The number of unbranched alkanes of at least 4 members (excludes halogenated alkanes) is 1. The summed E-state index contributed by atoms with van der Waals surface area (Å²) in [6.07, 6.45) is -0.613. The third kappa shape index (κ3) is 15.6. The lowest BCUT2D eigenvalue weighted by molar-refractivity contribution is -0.142. The minimum absolute atomic E-state index is 0.00462. The van der Waals surface area contributed by atoms with Gasteiger partial charge < -0.3 is 53.4 Å². The monoisotopic (exact) mass is 693 g/mol. The zero-order valence-electron chi connectivity index (χ0n) is 27.7. The van der Waals surface area contributed by atoms with Crippen LogP contribution in [0.5, 0.6) is 0 Å². The van der Waals surface area contributed by atoms with Crippen LogP contribution in [-0.4, -0.2) is 105 Å². The summed E-state index contributed by atoms with van der Waals surface area (Å²) in [6.45, 7) is 4.22. The molecule has 0 aromatic heterocycles. The van der Waals surface area contributed by atoms with Crippen LogP contribution in [-0.2, 0) is 44.8 Å². The van der Waals surface area contributed by atoms with Crippen LogP contribution in [0.15, 0.2) is 30.3 Å². The van der Waals surface area contributed by atoms with Crippen molar-refractivity contribution in [2.24, 2.45) is 11.5 Å². The predicted octanol–water partition coefficient (Wildman–Crippen LogP) is -2.04. The Morgan fingerprint density at radius 2 is 1.33 bits per heavy atom. The number of aliphatic carboxylic acids is 3. The highest BCUT2D eigenvalue weighted by Gasteiger charge is 2.36. The van der Waals surface area contributed by atoms with Crippen LogP contribution in [0.3, 0.4) is 0 Å². The molecule has 272 valence electrons. The highest BCUT2D eigenvalue weighted by molar-refractivity contribution is 5.98. The topological polar surface area (TPSA) is 309 Å². The Morgan fingerprint density at radius 1 is 0.735 bits per heavy atom. The summed E-state index contributed by atoms with van der Waals surface area (Å²) in [5.74, 6) is -8.37. The summed E-state index contributed by atoms with van der Waals surface area (Å²) in [5.41, 5.74) is 9.95. The largest absolute Gasteiger partial charge is 0.481 e. The number of carbonyl (C=O) groups excluding carboxylic acids is 5. The molecule has 5 amide bonds. The molecule has 0 heterocycles. The number of nitrogens with one attached hydrogen (secondary N) is 5. The average Bonchev–Trinajstić information content (AvgIpc) is 3.01. The van der Waals surface area contributed by atoms with Crippen molar-refractivity contribution in [2.45, 2.75) is 101 Å². The van der Waals surface area contributed by atoms with Crippen LogP contribution < -0.4 is 38.1 Å². The quantitative estimate of drug-likeness (QED) is 0.0586. The number of rotatable bonds is 22. The van der Waals surface area contributed by atoms with Crippen molar-refractivity contribution in [3.63, 3.8) is 0 Å². The number of hydrogen-bond donors (Lipinski definition) is 10. The Kier molecular flexibility index (Phi) is 17.4. The zero-order valence-corrected chi connectivity index (χ0v) is 27.7. The molecule has 0 fully saturated rings. The maximum Gasteiger partial charge on any atom is 0.326 e. The van der Waals surface area contributed by atoms with Gasteiger partial charge in [0.1, 0.15) is 29.7 Å². The van der Waals surface area contributed by atoms with Crippen molar-refractivity contribution in [3.8, 4) is 0 Å². The summed E-state index contributed by atoms with van der Waals surface area (Å²) in [6, 6.07) is 1.86. The molecule has 0 unspecified atom stereocenters. The minimum Gasteiger partial charge on any atom is -0.481 e. The molecule has 0 saturated carbocycles. The van der Waals surface area contributed by atoms with E-state index in [1.54, 1.807) is 30.3 Å². The Balaban J connectivity index is 3.04. The highest BCUT2D eigenvalue weighted by Crippen LogP contribution is 2.09. The smallest absolute Gasteiger partial charge is 0.326 e. The lowest BCUT2D eigenvalue weighted by Crippen LogP contribution is -2.62. The molecule has 0 bridgehead atoms. The Morgan fingerprint density at radius 3 is 1.88 bits per heavy atom. The van der Waals surface area contributed by atoms with Gasteiger partial charge in [0.25, 0.3) is 0 Å². The van der Waals surface area contributed by atoms with Gasteiger partial charge in [0.05, 0.1) is 12.5 Å². The number of benzene rings is 1. The molecular formula is C31H47N7O11. The van der Waals surface area contributed by atoms with Gasteiger partial charge in [-0.1, -0.05) is 30.3 Å². The standard InChI is InChI=1S/C31H47N7O11/c1-17(25(43)37-22(15-18-9-5-4-6-10-18)27(45)36-21(29(47)48)11-7-8-14-32)34-30(49)31(2,3)38-28(46)20(12-13-23(39)40)35-26(44)19(33)16-24(41)42/h4-6,9-10,17,19-22H,7-8,11-16,32-33H2,1-3H3,(H,34,49)(H,35,44)(H,36,45)(H,37,43)(H,38,46)(H,39,40)(H,41,42)(H,47,48)/t17-,19-,20-,21-,22-/m0/s1. The molecule has 12 N–H and O–H groups in total. The zero-order chi connectivity index (χ0) is 37.3. The van der Waals surface area contributed by atoms with Gasteiger partial charge in [0, 0.05) is 12.8 Å². The van der Waals surface area contributed by atoms with Crippen LogP contribution in [0.25, 0.3) is 0 Å². The van der Waals surface area contributed by atoms with E-state index in [9.17, 15) is 43.5 Å². The molecule has 49 heavy (non-hydrogen) atoms. The molecule has 5 atom stereocenters. The van der Waals surface area contributed by atoms with Crippen LogP contribution in [0.1, 0.15) is 64.9 Å². The van der Waals surface area contributed by atoms with Crippen molar-refractivity contribution in [1.29, 1.82) is 0 Å². The van der Waals surface area contributed by atoms with E-state index in [2.05, 4.69) is 26.6 Å². The summed E-state index contributed by atoms with van der Waals surface area (Å²) >= 11 is 0. The summed E-state index contributed by atoms with van der Waals surface area (Å²) in [5, 5.41) is 39.5. The van der Waals surface area contributed by atoms with E-state index >= 15 is 0 Å². The highest BCUT2D eigenvalue weighted by atomic mass is 16.4. The van der Waals surface area contributed by atoms with Crippen LogP contribution in [0.2, 0.25) is 0 Å². The molecule has 1 aromatic rings. The number of carboxylic acid groups (broad SMARTS) is 3. The molecule has 0 aliphatic carbocycles. The van der Waals surface area contributed by atoms with E-state index in [-0.39, 0.29) is 12.8 Å². The van der Waals surface area contributed by atoms with Gasteiger partial charge in [0.2, 0.25) is 29.5 Å². The first kappa shape index (κ1) is 41.9. The van der Waals surface area contributed by atoms with E-state index in [1.165, 1.54) is 20.8 Å². The molecule has 0 saturated heterocycles. The molecule has 0 aliphatic heterocycles. The predicted molar refractivity (Wildman–Crippen MR) is 173 cm³/mol. The fraction of sp³-hybridized carbons (Fsp3) is 0.548. The molecule has 1 rings (SSSR count). The van der Waals surface area contributed by atoms with Crippen molar-refractivity contribution in [3.05, 3.63) is 35.9 Å². The molecule has 0 radical (unpaired) electrons. The van der Waals surface area contributed by atoms with Crippen molar-refractivity contribution < 1.29 is 53.7 Å². The molecule has 18 heteroatoms. The Labute approximate surface area is 283 Å². The maximum absolute atomic E-state index is 13.2. The number of carboxylic acids is 3. The van der Waals surface area contributed by atoms with Crippen molar-refractivity contribution >= 4 is 47.4 Å². The maximum atomic E-state index is 13.2. The van der Waals surface area contributed by atoms with Crippen molar-refractivity contribution in [2.75, 3.05) is 6.54 Å². The average molecular weight is 694 g/mol. The first-order valence-electron chi connectivity index (χ1n) is 15.6. The van der Waals surface area contributed by atoms with Gasteiger partial charge >= 0.3 is 17.9 Å². The normalized spacial score (nSPS) is 14.1. The second kappa shape index (κ2) is 20.3. The molecule has 0 spiro atoms. The fourth-order valence-electron chi connectivity index (χ4n) is 4.37. The minimum atomic E-state index is -1.74. The van der Waals surface area contributed by atoms with E-state index in [0.29, 0.717) is 24.9 Å².